The summed E-state index contributed by atoms with van der Waals surface area (Å²) in [5.41, 5.74) is -0.0993. The van der Waals surface area contributed by atoms with Crippen molar-refractivity contribution in [2.75, 3.05) is 6.61 Å². The van der Waals surface area contributed by atoms with E-state index in [9.17, 15) is 9.18 Å². The van der Waals surface area contributed by atoms with Crippen LogP contribution in [0.15, 0.2) is 24.3 Å². The largest absolute Gasteiger partial charge is 0.449 e. The fourth-order valence-electron chi connectivity index (χ4n) is 0.812. The monoisotopic (exact) mass is 178 g/mol. The number of carbonyl (C=O) groups is 1. The Kier molecular flexibility index (Phi) is 3.04. The van der Waals surface area contributed by atoms with Crippen LogP contribution in [-0.2, 0) is 4.74 Å². The van der Waals surface area contributed by atoms with Crippen molar-refractivity contribution in [2.24, 2.45) is 0 Å². The highest BCUT2D eigenvalue weighted by molar-refractivity contribution is 5.89. The average molecular weight is 178 g/mol. The maximum absolute atomic E-state index is 12.9. The van der Waals surface area contributed by atoms with E-state index in [0.29, 0.717) is 0 Å². The zero-order valence-corrected chi connectivity index (χ0v) is 6.79. The van der Waals surface area contributed by atoms with E-state index in [1.807, 2.05) is 0 Å². The number of terminal acetylenes is 1. The van der Waals surface area contributed by atoms with Crippen LogP contribution in [-0.4, -0.2) is 12.6 Å². The highest BCUT2D eigenvalue weighted by atomic mass is 19.1. The molecule has 0 heterocycles. The molecular formula is C10H7FO2. The molecule has 66 valence electrons. The SMILES string of the molecule is C#CCOC(=O)c1ccccc1F. The standard InChI is InChI=1S/C10H7FO2/c1-2-7-13-10(12)8-5-3-4-6-9(8)11/h1,3-6H,7H2. The molecule has 3 heteroatoms. The quantitative estimate of drug-likeness (QED) is 0.508. The molecule has 0 atom stereocenters. The van der Waals surface area contributed by atoms with E-state index >= 15 is 0 Å². The molecule has 0 N–H and O–H groups in total. The lowest BCUT2D eigenvalue weighted by molar-refractivity contribution is 0.0551. The molecular weight excluding hydrogens is 171 g/mol. The molecule has 0 saturated carbocycles. The van der Waals surface area contributed by atoms with Crippen molar-refractivity contribution in [2.45, 2.75) is 0 Å². The number of hydrogen-bond donors (Lipinski definition) is 0. The fraction of sp³-hybridized carbons (Fsp3) is 0.100. The summed E-state index contributed by atoms with van der Waals surface area (Å²) >= 11 is 0. The van der Waals surface area contributed by atoms with Crippen molar-refractivity contribution in [1.29, 1.82) is 0 Å². The predicted octanol–water partition coefficient (Wildman–Crippen LogP) is 1.62. The van der Waals surface area contributed by atoms with Gasteiger partial charge in [-0.25, -0.2) is 9.18 Å². The molecule has 1 aromatic carbocycles. The number of esters is 1. The number of rotatable bonds is 2. The van der Waals surface area contributed by atoms with Gasteiger partial charge in [-0.3, -0.25) is 0 Å². The molecule has 0 aliphatic carbocycles. The van der Waals surface area contributed by atoms with E-state index < -0.39 is 11.8 Å². The third-order valence-corrected chi connectivity index (χ3v) is 1.38. The van der Waals surface area contributed by atoms with Gasteiger partial charge in [0.05, 0.1) is 5.56 Å². The lowest BCUT2D eigenvalue weighted by Crippen LogP contribution is -2.07. The number of hydrogen-bond acceptors (Lipinski definition) is 2. The number of halogens is 1. The Labute approximate surface area is 75.3 Å². The first kappa shape index (κ1) is 9.27. The molecule has 0 aliphatic heterocycles. The van der Waals surface area contributed by atoms with Gasteiger partial charge in [0.2, 0.25) is 0 Å². The molecule has 1 rings (SSSR count). The third-order valence-electron chi connectivity index (χ3n) is 1.38. The molecule has 0 saturated heterocycles. The van der Waals surface area contributed by atoms with Crippen LogP contribution >= 0.6 is 0 Å². The van der Waals surface area contributed by atoms with Gasteiger partial charge in [-0.2, -0.15) is 0 Å². The van der Waals surface area contributed by atoms with E-state index in [4.69, 9.17) is 6.42 Å². The Hall–Kier alpha value is -1.82. The molecule has 0 unspecified atom stereocenters. The predicted molar refractivity (Wildman–Crippen MR) is 45.5 cm³/mol. The van der Waals surface area contributed by atoms with E-state index in [1.54, 1.807) is 6.07 Å². The van der Waals surface area contributed by atoms with E-state index in [0.717, 1.165) is 0 Å². The van der Waals surface area contributed by atoms with Gasteiger partial charge in [-0.05, 0) is 12.1 Å². The Morgan fingerprint density at radius 2 is 2.23 bits per heavy atom. The van der Waals surface area contributed by atoms with Crippen molar-refractivity contribution < 1.29 is 13.9 Å². The zero-order chi connectivity index (χ0) is 9.68. The Morgan fingerprint density at radius 3 is 2.85 bits per heavy atom. The normalized spacial score (nSPS) is 8.92. The zero-order valence-electron chi connectivity index (χ0n) is 6.79. The molecule has 13 heavy (non-hydrogen) atoms. The van der Waals surface area contributed by atoms with E-state index in [1.165, 1.54) is 18.2 Å². The molecule has 2 nitrogen and oxygen atoms in total. The van der Waals surface area contributed by atoms with Gasteiger partial charge in [0.25, 0.3) is 0 Å². The van der Waals surface area contributed by atoms with Crippen molar-refractivity contribution in [1.82, 2.24) is 0 Å². The van der Waals surface area contributed by atoms with E-state index in [2.05, 4.69) is 10.7 Å². The van der Waals surface area contributed by atoms with Crippen molar-refractivity contribution in [3.63, 3.8) is 0 Å². The summed E-state index contributed by atoms with van der Waals surface area (Å²) in [5, 5.41) is 0. The Bertz CT molecular complexity index is 352. The smallest absolute Gasteiger partial charge is 0.342 e. The maximum atomic E-state index is 12.9. The third kappa shape index (κ3) is 2.31. The minimum absolute atomic E-state index is 0.0993. The van der Waals surface area contributed by atoms with Crippen LogP contribution in [0.4, 0.5) is 4.39 Å². The highest BCUT2D eigenvalue weighted by Gasteiger charge is 2.10. The summed E-state index contributed by atoms with van der Waals surface area (Å²) in [6, 6.07) is 5.57. The summed E-state index contributed by atoms with van der Waals surface area (Å²) in [6.45, 7) is -0.146. The minimum atomic E-state index is -0.740. The average Bonchev–Trinajstić information content (AvgIpc) is 2.15. The molecule has 1 aromatic rings. The Morgan fingerprint density at radius 1 is 1.54 bits per heavy atom. The van der Waals surface area contributed by atoms with Crippen LogP contribution in [0.25, 0.3) is 0 Å². The molecule has 0 aromatic heterocycles. The van der Waals surface area contributed by atoms with Crippen LogP contribution in [0.2, 0.25) is 0 Å². The van der Waals surface area contributed by atoms with Crippen LogP contribution in [0, 0.1) is 18.2 Å². The van der Waals surface area contributed by atoms with Crippen molar-refractivity contribution in [3.05, 3.63) is 35.6 Å². The van der Waals surface area contributed by atoms with Gasteiger partial charge in [0, 0.05) is 0 Å². The summed E-state index contributed by atoms with van der Waals surface area (Å²) < 4.78 is 17.5. The second-order valence-electron chi connectivity index (χ2n) is 2.26. The lowest BCUT2D eigenvalue weighted by atomic mass is 10.2. The highest BCUT2D eigenvalue weighted by Crippen LogP contribution is 2.07. The van der Waals surface area contributed by atoms with Gasteiger partial charge in [-0.15, -0.1) is 6.42 Å². The number of benzene rings is 1. The second-order valence-corrected chi connectivity index (χ2v) is 2.26. The van der Waals surface area contributed by atoms with Gasteiger partial charge in [0.1, 0.15) is 5.82 Å². The summed E-state index contributed by atoms with van der Waals surface area (Å²) in [4.78, 5) is 11.1. The first-order valence-electron chi connectivity index (χ1n) is 3.61. The lowest BCUT2D eigenvalue weighted by Gasteiger charge is -2.00. The van der Waals surface area contributed by atoms with E-state index in [-0.39, 0.29) is 12.2 Å². The second kappa shape index (κ2) is 4.27. The molecule has 0 amide bonds. The summed E-state index contributed by atoms with van der Waals surface area (Å²) in [7, 11) is 0. The topological polar surface area (TPSA) is 26.3 Å². The van der Waals surface area contributed by atoms with Crippen LogP contribution in [0.1, 0.15) is 10.4 Å². The molecule has 0 fully saturated rings. The summed E-state index contributed by atoms with van der Waals surface area (Å²) in [6.07, 6.45) is 4.87. The van der Waals surface area contributed by atoms with Crippen molar-refractivity contribution in [3.8, 4) is 12.3 Å². The molecule has 0 aliphatic rings. The maximum Gasteiger partial charge on any atom is 0.342 e. The number of carbonyl (C=O) groups excluding carboxylic acids is 1. The van der Waals surface area contributed by atoms with Crippen LogP contribution < -0.4 is 0 Å². The molecule has 0 radical (unpaired) electrons. The molecule has 0 spiro atoms. The molecule has 0 bridgehead atoms. The van der Waals surface area contributed by atoms with Crippen LogP contribution in [0.5, 0.6) is 0 Å². The minimum Gasteiger partial charge on any atom is -0.449 e. The van der Waals surface area contributed by atoms with Crippen molar-refractivity contribution >= 4 is 5.97 Å². The first-order valence-corrected chi connectivity index (χ1v) is 3.61. The fourth-order valence-corrected chi connectivity index (χ4v) is 0.812. The first-order chi connectivity index (χ1) is 6.25. The summed E-state index contributed by atoms with van der Waals surface area (Å²) in [5.74, 6) is 0.776. The Balaban J connectivity index is 2.78. The van der Waals surface area contributed by atoms with Crippen LogP contribution in [0.3, 0.4) is 0 Å². The van der Waals surface area contributed by atoms with Gasteiger partial charge < -0.3 is 4.74 Å². The van der Waals surface area contributed by atoms with Gasteiger partial charge >= 0.3 is 5.97 Å². The van der Waals surface area contributed by atoms with Gasteiger partial charge in [0.15, 0.2) is 6.61 Å². The number of ether oxygens (including phenoxy) is 1. The van der Waals surface area contributed by atoms with Gasteiger partial charge in [-0.1, -0.05) is 18.1 Å².